The average molecular weight is 296 g/mol. The van der Waals surface area contributed by atoms with E-state index in [1.54, 1.807) is 0 Å². The summed E-state index contributed by atoms with van der Waals surface area (Å²) < 4.78 is 2.22. The molecule has 19 heavy (non-hydrogen) atoms. The number of pyridine rings is 1. The van der Waals surface area contributed by atoms with Gasteiger partial charge in [-0.2, -0.15) is 11.8 Å². The Morgan fingerprint density at radius 2 is 2.26 bits per heavy atom. The largest absolute Gasteiger partial charge is 0.311 e. The molecule has 0 aliphatic carbocycles. The first kappa shape index (κ1) is 13.3. The van der Waals surface area contributed by atoms with Crippen LogP contribution in [0.1, 0.15) is 30.8 Å². The molecule has 0 aromatic carbocycles. The Morgan fingerprint density at radius 1 is 1.37 bits per heavy atom. The summed E-state index contributed by atoms with van der Waals surface area (Å²) >= 11 is 8.12. The van der Waals surface area contributed by atoms with Crippen LogP contribution in [0.5, 0.6) is 0 Å². The summed E-state index contributed by atoms with van der Waals surface area (Å²) in [7, 11) is 0. The smallest absolute Gasteiger partial charge is 0.160 e. The van der Waals surface area contributed by atoms with Gasteiger partial charge in [0.05, 0.1) is 5.88 Å². The molecule has 1 fully saturated rings. The third-order valence-electron chi connectivity index (χ3n) is 3.59. The fourth-order valence-corrected chi connectivity index (χ4v) is 4.09. The minimum absolute atomic E-state index is 0.451. The van der Waals surface area contributed by atoms with E-state index in [9.17, 15) is 0 Å². The number of nitrogens with zero attached hydrogens (tertiary/aromatic N) is 3. The van der Waals surface area contributed by atoms with Crippen LogP contribution in [0.3, 0.4) is 0 Å². The minimum Gasteiger partial charge on any atom is -0.311 e. The summed E-state index contributed by atoms with van der Waals surface area (Å²) in [6.07, 6.45) is 3.98. The average Bonchev–Trinajstić information content (AvgIpc) is 2.78. The molecule has 2 aromatic rings. The Kier molecular flexibility index (Phi) is 3.99. The van der Waals surface area contributed by atoms with E-state index in [-0.39, 0.29) is 0 Å². The second-order valence-corrected chi connectivity index (χ2v) is 6.73. The number of hydrogen-bond acceptors (Lipinski definition) is 3. The summed E-state index contributed by atoms with van der Waals surface area (Å²) in [6, 6.07) is 4.05. The fourth-order valence-electron chi connectivity index (χ4n) is 2.59. The standard InChI is InChI=1S/C14H18ClN3S/c1-10-5-6-12-14(16-10)18(13(8-15)17-12)9-11-4-2-3-7-19-11/h5-6,11H,2-4,7-9H2,1H3. The van der Waals surface area contributed by atoms with Gasteiger partial charge >= 0.3 is 0 Å². The number of aryl methyl sites for hydroxylation is 1. The Morgan fingerprint density at radius 3 is 3.00 bits per heavy atom. The minimum atomic E-state index is 0.451. The SMILES string of the molecule is Cc1ccc2nc(CCl)n(CC3CCCCS3)c2n1. The van der Waals surface area contributed by atoms with Crippen molar-refractivity contribution in [1.29, 1.82) is 0 Å². The maximum Gasteiger partial charge on any atom is 0.160 e. The maximum atomic E-state index is 6.04. The Balaban J connectivity index is 1.97. The van der Waals surface area contributed by atoms with Gasteiger partial charge in [-0.1, -0.05) is 6.42 Å². The first-order valence-electron chi connectivity index (χ1n) is 6.78. The highest BCUT2D eigenvalue weighted by Crippen LogP contribution is 2.28. The summed E-state index contributed by atoms with van der Waals surface area (Å²) in [5.74, 6) is 2.67. The highest BCUT2D eigenvalue weighted by molar-refractivity contribution is 7.99. The number of alkyl halides is 1. The van der Waals surface area contributed by atoms with Crippen molar-refractivity contribution < 1.29 is 0 Å². The topological polar surface area (TPSA) is 30.7 Å². The summed E-state index contributed by atoms with van der Waals surface area (Å²) in [6.45, 7) is 3.01. The lowest BCUT2D eigenvalue weighted by atomic mass is 10.2. The number of hydrogen-bond donors (Lipinski definition) is 0. The zero-order chi connectivity index (χ0) is 13.2. The van der Waals surface area contributed by atoms with Gasteiger partial charge in [0.1, 0.15) is 11.3 Å². The van der Waals surface area contributed by atoms with Gasteiger partial charge in [-0.05, 0) is 37.7 Å². The molecule has 3 nitrogen and oxygen atoms in total. The van der Waals surface area contributed by atoms with Crippen molar-refractivity contribution in [2.24, 2.45) is 0 Å². The van der Waals surface area contributed by atoms with Crippen LogP contribution in [0.2, 0.25) is 0 Å². The van der Waals surface area contributed by atoms with Crippen molar-refractivity contribution in [2.45, 2.75) is 43.9 Å². The molecule has 0 saturated carbocycles. The monoisotopic (exact) mass is 295 g/mol. The summed E-state index contributed by atoms with van der Waals surface area (Å²) in [4.78, 5) is 9.24. The molecule has 2 aromatic heterocycles. The van der Waals surface area contributed by atoms with E-state index >= 15 is 0 Å². The fraction of sp³-hybridized carbons (Fsp3) is 0.571. The lowest BCUT2D eigenvalue weighted by Crippen LogP contribution is -2.18. The molecule has 3 heterocycles. The zero-order valence-electron chi connectivity index (χ0n) is 11.1. The van der Waals surface area contributed by atoms with Gasteiger partial charge in [-0.25, -0.2) is 9.97 Å². The van der Waals surface area contributed by atoms with Gasteiger partial charge in [-0.15, -0.1) is 11.6 Å². The lowest BCUT2D eigenvalue weighted by molar-refractivity contribution is 0.579. The summed E-state index contributed by atoms with van der Waals surface area (Å²) in [5.41, 5.74) is 2.98. The number of rotatable bonds is 3. The Bertz CT molecular complexity index is 575. The van der Waals surface area contributed by atoms with E-state index in [1.807, 2.05) is 19.1 Å². The van der Waals surface area contributed by atoms with Crippen LogP contribution in [-0.4, -0.2) is 25.5 Å². The highest BCUT2D eigenvalue weighted by atomic mass is 35.5. The van der Waals surface area contributed by atoms with Crippen molar-refractivity contribution in [1.82, 2.24) is 14.5 Å². The molecule has 0 bridgehead atoms. The van der Waals surface area contributed by atoms with Crippen molar-refractivity contribution in [3.8, 4) is 0 Å². The van der Waals surface area contributed by atoms with Crippen LogP contribution in [-0.2, 0) is 12.4 Å². The molecule has 1 aliphatic heterocycles. The van der Waals surface area contributed by atoms with Gasteiger partial charge in [0.15, 0.2) is 5.65 Å². The Labute approximate surface area is 122 Å². The van der Waals surface area contributed by atoms with E-state index < -0.39 is 0 Å². The maximum absolute atomic E-state index is 6.04. The molecule has 0 radical (unpaired) electrons. The molecule has 0 amide bonds. The highest BCUT2D eigenvalue weighted by Gasteiger charge is 2.18. The molecule has 5 heteroatoms. The molecule has 1 unspecified atom stereocenters. The number of aromatic nitrogens is 3. The van der Waals surface area contributed by atoms with Crippen molar-refractivity contribution >= 4 is 34.5 Å². The van der Waals surface area contributed by atoms with Crippen LogP contribution in [0.25, 0.3) is 11.2 Å². The van der Waals surface area contributed by atoms with E-state index in [4.69, 9.17) is 11.6 Å². The summed E-state index contributed by atoms with van der Waals surface area (Å²) in [5, 5.41) is 0.676. The first-order chi connectivity index (χ1) is 9.28. The van der Waals surface area contributed by atoms with Gasteiger partial charge in [0, 0.05) is 17.5 Å². The van der Waals surface area contributed by atoms with Crippen molar-refractivity contribution in [3.05, 3.63) is 23.7 Å². The molecular formula is C14H18ClN3S. The van der Waals surface area contributed by atoms with Crippen molar-refractivity contribution in [3.63, 3.8) is 0 Å². The van der Waals surface area contributed by atoms with Crippen LogP contribution in [0.15, 0.2) is 12.1 Å². The van der Waals surface area contributed by atoms with Crippen LogP contribution >= 0.6 is 23.4 Å². The van der Waals surface area contributed by atoms with Gasteiger partial charge in [0.25, 0.3) is 0 Å². The quantitative estimate of drug-likeness (QED) is 0.808. The van der Waals surface area contributed by atoms with Crippen LogP contribution in [0.4, 0.5) is 0 Å². The van der Waals surface area contributed by atoms with Gasteiger partial charge < -0.3 is 4.57 Å². The molecule has 1 aliphatic rings. The third kappa shape index (κ3) is 2.75. The first-order valence-corrected chi connectivity index (χ1v) is 8.36. The molecule has 0 N–H and O–H groups in total. The molecular weight excluding hydrogens is 278 g/mol. The molecule has 102 valence electrons. The van der Waals surface area contributed by atoms with E-state index in [1.165, 1.54) is 25.0 Å². The predicted molar refractivity (Wildman–Crippen MR) is 81.9 cm³/mol. The number of fused-ring (bicyclic) bond motifs is 1. The second kappa shape index (κ2) is 5.71. The number of imidazole rings is 1. The van der Waals surface area contributed by atoms with E-state index in [2.05, 4.69) is 26.3 Å². The molecule has 3 rings (SSSR count). The number of halogens is 1. The second-order valence-electron chi connectivity index (χ2n) is 5.06. The van der Waals surface area contributed by atoms with E-state index in [0.29, 0.717) is 11.1 Å². The predicted octanol–water partition coefficient (Wildman–Crippen LogP) is 3.76. The molecule has 1 atom stereocenters. The van der Waals surface area contributed by atoms with Gasteiger partial charge in [0.2, 0.25) is 0 Å². The lowest BCUT2D eigenvalue weighted by Gasteiger charge is -2.22. The zero-order valence-corrected chi connectivity index (χ0v) is 12.7. The molecule has 1 saturated heterocycles. The third-order valence-corrected chi connectivity index (χ3v) is 5.21. The normalized spacial score (nSPS) is 20.0. The van der Waals surface area contributed by atoms with E-state index in [0.717, 1.165) is 29.2 Å². The number of thioether (sulfide) groups is 1. The Hall–Kier alpha value is -0.740. The van der Waals surface area contributed by atoms with Crippen LogP contribution in [0, 0.1) is 6.92 Å². The van der Waals surface area contributed by atoms with Gasteiger partial charge in [-0.3, -0.25) is 0 Å². The van der Waals surface area contributed by atoms with Crippen molar-refractivity contribution in [2.75, 3.05) is 5.75 Å². The molecule has 0 spiro atoms. The van der Waals surface area contributed by atoms with Crippen LogP contribution < -0.4 is 0 Å².